The van der Waals surface area contributed by atoms with Crippen LogP contribution in [-0.4, -0.2) is 34.1 Å². The minimum Gasteiger partial charge on any atom is -0.396 e. The van der Waals surface area contributed by atoms with Gasteiger partial charge in [-0.2, -0.15) is 0 Å². The third-order valence-electron chi connectivity index (χ3n) is 3.08. The molecular formula is C15H19N3O2. The molecule has 2 aromatic heterocycles. The van der Waals surface area contributed by atoms with Gasteiger partial charge in [-0.25, -0.2) is 0 Å². The van der Waals surface area contributed by atoms with Crippen LogP contribution in [0.1, 0.15) is 11.4 Å². The molecule has 2 rings (SSSR count). The fourth-order valence-corrected chi connectivity index (χ4v) is 1.99. The van der Waals surface area contributed by atoms with Crippen LogP contribution in [0.3, 0.4) is 0 Å². The van der Waals surface area contributed by atoms with Crippen molar-refractivity contribution in [2.24, 2.45) is 5.92 Å². The number of nitrogens with zero attached hydrogens (tertiary/aromatic N) is 1. The summed E-state index contributed by atoms with van der Waals surface area (Å²) in [7, 11) is 0. The third-order valence-corrected chi connectivity index (χ3v) is 3.08. The first-order valence-electron chi connectivity index (χ1n) is 6.67. The Hall–Kier alpha value is -2.14. The summed E-state index contributed by atoms with van der Waals surface area (Å²) >= 11 is 0. The van der Waals surface area contributed by atoms with E-state index in [1.165, 1.54) is 0 Å². The summed E-state index contributed by atoms with van der Waals surface area (Å²) in [5, 5.41) is 12.2. The van der Waals surface area contributed by atoms with Gasteiger partial charge in [0.05, 0.1) is 6.42 Å². The molecule has 0 saturated carbocycles. The summed E-state index contributed by atoms with van der Waals surface area (Å²) < 4.78 is 0. The SMILES string of the molecule is O=C(Cc1ccc[nH]1)NCC(CO)Cc1ccccn1. The smallest absolute Gasteiger partial charge is 0.225 e. The lowest BCUT2D eigenvalue weighted by Crippen LogP contribution is -2.33. The predicted octanol–water partition coefficient (Wildman–Crippen LogP) is 0.920. The van der Waals surface area contributed by atoms with Crippen molar-refractivity contribution in [3.05, 3.63) is 54.1 Å². The number of hydrogen-bond acceptors (Lipinski definition) is 3. The molecule has 20 heavy (non-hydrogen) atoms. The van der Waals surface area contributed by atoms with E-state index >= 15 is 0 Å². The largest absolute Gasteiger partial charge is 0.396 e. The molecule has 1 unspecified atom stereocenters. The number of H-pyrrole nitrogens is 1. The van der Waals surface area contributed by atoms with Crippen molar-refractivity contribution >= 4 is 5.91 Å². The van der Waals surface area contributed by atoms with Crippen molar-refractivity contribution in [3.63, 3.8) is 0 Å². The molecular weight excluding hydrogens is 254 g/mol. The zero-order valence-corrected chi connectivity index (χ0v) is 11.2. The first kappa shape index (κ1) is 14.3. The summed E-state index contributed by atoms with van der Waals surface area (Å²) in [5.74, 6) is -0.0654. The van der Waals surface area contributed by atoms with Gasteiger partial charge >= 0.3 is 0 Å². The molecule has 106 valence electrons. The molecule has 2 heterocycles. The van der Waals surface area contributed by atoms with Crippen molar-refractivity contribution in [2.75, 3.05) is 13.2 Å². The van der Waals surface area contributed by atoms with Crippen LogP contribution in [0.15, 0.2) is 42.7 Å². The summed E-state index contributed by atoms with van der Waals surface area (Å²) in [6, 6.07) is 9.43. The van der Waals surface area contributed by atoms with Crippen LogP contribution >= 0.6 is 0 Å². The average molecular weight is 273 g/mol. The summed E-state index contributed by atoms with van der Waals surface area (Å²) in [4.78, 5) is 19.0. The van der Waals surface area contributed by atoms with E-state index in [1.54, 1.807) is 12.4 Å². The first-order chi connectivity index (χ1) is 9.78. The maximum absolute atomic E-state index is 11.8. The molecule has 5 nitrogen and oxygen atoms in total. The second-order valence-electron chi connectivity index (χ2n) is 4.75. The van der Waals surface area contributed by atoms with E-state index in [2.05, 4.69) is 15.3 Å². The zero-order chi connectivity index (χ0) is 14.2. The molecule has 1 atom stereocenters. The second kappa shape index (κ2) is 7.45. The monoisotopic (exact) mass is 273 g/mol. The van der Waals surface area contributed by atoms with E-state index in [0.29, 0.717) is 19.4 Å². The Labute approximate surface area is 118 Å². The minimum absolute atomic E-state index is 0.0162. The highest BCUT2D eigenvalue weighted by Gasteiger charge is 2.11. The molecule has 0 aliphatic rings. The van der Waals surface area contributed by atoms with Gasteiger partial charge < -0.3 is 15.4 Å². The lowest BCUT2D eigenvalue weighted by molar-refractivity contribution is -0.120. The number of aromatic nitrogens is 2. The quantitative estimate of drug-likeness (QED) is 0.702. The van der Waals surface area contributed by atoms with Crippen molar-refractivity contribution < 1.29 is 9.90 Å². The summed E-state index contributed by atoms with van der Waals surface area (Å²) in [5.41, 5.74) is 1.80. The van der Waals surface area contributed by atoms with Gasteiger partial charge in [0.2, 0.25) is 5.91 Å². The second-order valence-corrected chi connectivity index (χ2v) is 4.75. The van der Waals surface area contributed by atoms with Crippen molar-refractivity contribution in [3.8, 4) is 0 Å². The fourth-order valence-electron chi connectivity index (χ4n) is 1.99. The molecule has 1 amide bonds. The number of rotatable bonds is 7. The van der Waals surface area contributed by atoms with Crippen LogP contribution in [0.2, 0.25) is 0 Å². The van der Waals surface area contributed by atoms with Crippen LogP contribution in [0.5, 0.6) is 0 Å². The molecule has 0 radical (unpaired) electrons. The lowest BCUT2D eigenvalue weighted by Gasteiger charge is -2.14. The summed E-state index contributed by atoms with van der Waals surface area (Å²) in [6.07, 6.45) is 4.50. The molecule has 5 heteroatoms. The van der Waals surface area contributed by atoms with E-state index in [4.69, 9.17) is 0 Å². The number of aliphatic hydroxyl groups is 1. The predicted molar refractivity (Wildman–Crippen MR) is 76.0 cm³/mol. The third kappa shape index (κ3) is 4.51. The standard InChI is InChI=1S/C15H19N3O2/c19-11-12(8-13-4-1-2-6-16-13)10-18-15(20)9-14-5-3-7-17-14/h1-7,12,17,19H,8-11H2,(H,18,20). The fraction of sp³-hybridized carbons (Fsp3) is 0.333. The molecule has 3 N–H and O–H groups in total. The molecule has 0 aliphatic carbocycles. The van der Waals surface area contributed by atoms with Crippen molar-refractivity contribution in [1.82, 2.24) is 15.3 Å². The maximum Gasteiger partial charge on any atom is 0.225 e. The highest BCUT2D eigenvalue weighted by molar-refractivity contribution is 5.78. The number of aliphatic hydroxyl groups excluding tert-OH is 1. The Morgan fingerprint density at radius 1 is 1.35 bits per heavy atom. The van der Waals surface area contributed by atoms with Gasteiger partial charge in [0.1, 0.15) is 0 Å². The number of pyridine rings is 1. The maximum atomic E-state index is 11.8. The molecule has 0 fully saturated rings. The number of nitrogens with one attached hydrogen (secondary N) is 2. The van der Waals surface area contributed by atoms with E-state index in [1.807, 2.05) is 30.3 Å². The normalized spacial score (nSPS) is 12.1. The molecule has 0 bridgehead atoms. The van der Waals surface area contributed by atoms with Gasteiger partial charge in [-0.1, -0.05) is 6.07 Å². The van der Waals surface area contributed by atoms with Gasteiger partial charge in [-0.3, -0.25) is 9.78 Å². The van der Waals surface area contributed by atoms with Gasteiger partial charge in [0.15, 0.2) is 0 Å². The highest BCUT2D eigenvalue weighted by Crippen LogP contribution is 2.05. The topological polar surface area (TPSA) is 78.0 Å². The van der Waals surface area contributed by atoms with Crippen LogP contribution in [0.4, 0.5) is 0 Å². The molecule has 0 spiro atoms. The average Bonchev–Trinajstić information content (AvgIpc) is 2.97. The Kier molecular flexibility index (Phi) is 5.32. The first-order valence-corrected chi connectivity index (χ1v) is 6.67. The van der Waals surface area contributed by atoms with Crippen LogP contribution in [-0.2, 0) is 17.6 Å². The number of aromatic amines is 1. The van der Waals surface area contributed by atoms with Gasteiger partial charge in [-0.15, -0.1) is 0 Å². The van der Waals surface area contributed by atoms with Crippen LogP contribution in [0.25, 0.3) is 0 Å². The van der Waals surface area contributed by atoms with Gasteiger partial charge in [0.25, 0.3) is 0 Å². The number of carbonyl (C=O) groups is 1. The lowest BCUT2D eigenvalue weighted by atomic mass is 10.0. The Bertz CT molecular complexity index is 511. The Morgan fingerprint density at radius 3 is 2.90 bits per heavy atom. The van der Waals surface area contributed by atoms with Gasteiger partial charge in [-0.05, 0) is 30.7 Å². The van der Waals surface area contributed by atoms with E-state index in [0.717, 1.165) is 11.4 Å². The summed E-state index contributed by atoms with van der Waals surface area (Å²) in [6.45, 7) is 0.478. The Morgan fingerprint density at radius 2 is 2.25 bits per heavy atom. The Balaban J connectivity index is 1.77. The highest BCUT2D eigenvalue weighted by atomic mass is 16.3. The number of carbonyl (C=O) groups excluding carboxylic acids is 1. The van der Waals surface area contributed by atoms with E-state index in [9.17, 15) is 9.90 Å². The molecule has 0 aromatic carbocycles. The van der Waals surface area contributed by atoms with Crippen LogP contribution < -0.4 is 5.32 Å². The van der Waals surface area contributed by atoms with Gasteiger partial charge in [0, 0.05) is 42.9 Å². The minimum atomic E-state index is -0.0491. The van der Waals surface area contributed by atoms with E-state index in [-0.39, 0.29) is 18.4 Å². The van der Waals surface area contributed by atoms with E-state index < -0.39 is 0 Å². The number of hydrogen-bond donors (Lipinski definition) is 3. The molecule has 0 aliphatic heterocycles. The van der Waals surface area contributed by atoms with Crippen molar-refractivity contribution in [2.45, 2.75) is 12.8 Å². The van der Waals surface area contributed by atoms with Crippen molar-refractivity contribution in [1.29, 1.82) is 0 Å². The number of amides is 1. The molecule has 2 aromatic rings. The van der Waals surface area contributed by atoms with Crippen LogP contribution in [0, 0.1) is 5.92 Å². The molecule has 0 saturated heterocycles. The zero-order valence-electron chi connectivity index (χ0n) is 11.2.